The SMILES string of the molecule is CC1C(=O)N(CN2CCN(c3ccc(O)cc3)CC2)C(=O)N1c1ccc(Cl)cc1. The highest BCUT2D eigenvalue weighted by molar-refractivity contribution is 6.30. The van der Waals surface area contributed by atoms with Crippen LogP contribution in [0.25, 0.3) is 0 Å². The van der Waals surface area contributed by atoms with Gasteiger partial charge in [-0.25, -0.2) is 9.69 Å². The minimum Gasteiger partial charge on any atom is -0.508 e. The molecule has 3 amide bonds. The molecule has 2 saturated heterocycles. The van der Waals surface area contributed by atoms with Crippen molar-refractivity contribution in [3.05, 3.63) is 53.6 Å². The van der Waals surface area contributed by atoms with Gasteiger partial charge in [0.05, 0.1) is 6.67 Å². The van der Waals surface area contributed by atoms with Crippen molar-refractivity contribution in [2.45, 2.75) is 13.0 Å². The van der Waals surface area contributed by atoms with Gasteiger partial charge in [-0.05, 0) is 55.5 Å². The van der Waals surface area contributed by atoms with Crippen LogP contribution in [0.2, 0.25) is 5.02 Å². The summed E-state index contributed by atoms with van der Waals surface area (Å²) in [5.74, 6) is 0.0590. The molecular weight excluding hydrogens is 392 g/mol. The Balaban J connectivity index is 1.39. The maximum absolute atomic E-state index is 12.9. The summed E-state index contributed by atoms with van der Waals surface area (Å²) in [6.07, 6.45) is 0. The van der Waals surface area contributed by atoms with E-state index in [1.54, 1.807) is 43.3 Å². The molecule has 0 bridgehead atoms. The second-order valence-electron chi connectivity index (χ2n) is 7.33. The Bertz CT molecular complexity index is 895. The minimum atomic E-state index is -0.540. The van der Waals surface area contributed by atoms with Gasteiger partial charge < -0.3 is 10.0 Å². The molecule has 2 fully saturated rings. The lowest BCUT2D eigenvalue weighted by molar-refractivity contribution is -0.128. The smallest absolute Gasteiger partial charge is 0.333 e. The zero-order valence-corrected chi connectivity index (χ0v) is 16.9. The summed E-state index contributed by atoms with van der Waals surface area (Å²) in [5.41, 5.74) is 1.72. The van der Waals surface area contributed by atoms with E-state index < -0.39 is 6.04 Å². The van der Waals surface area contributed by atoms with Gasteiger partial charge in [-0.2, -0.15) is 0 Å². The number of amides is 3. The molecular formula is C21H23ClN4O3. The molecule has 29 heavy (non-hydrogen) atoms. The Morgan fingerprint density at radius 3 is 2.14 bits per heavy atom. The molecule has 152 valence electrons. The molecule has 7 nitrogen and oxygen atoms in total. The largest absolute Gasteiger partial charge is 0.508 e. The average molecular weight is 415 g/mol. The number of halogens is 1. The molecule has 4 rings (SSSR count). The van der Waals surface area contributed by atoms with E-state index >= 15 is 0 Å². The fourth-order valence-corrected chi connectivity index (χ4v) is 3.93. The van der Waals surface area contributed by atoms with Crippen LogP contribution < -0.4 is 9.80 Å². The number of carbonyl (C=O) groups is 2. The standard InChI is InChI=1S/C21H23ClN4O3/c1-15-20(28)25(21(29)26(15)18-4-2-16(22)3-5-18)14-23-10-12-24(13-11-23)17-6-8-19(27)9-7-17/h2-9,15,27H,10-14H2,1H3. The molecule has 2 aromatic rings. The van der Waals surface area contributed by atoms with Crippen molar-refractivity contribution >= 4 is 34.9 Å². The van der Waals surface area contributed by atoms with E-state index in [1.165, 1.54) is 9.80 Å². The van der Waals surface area contributed by atoms with Crippen LogP contribution in [0.3, 0.4) is 0 Å². The Hall–Kier alpha value is -2.77. The third-order valence-corrected chi connectivity index (χ3v) is 5.73. The van der Waals surface area contributed by atoms with Crippen molar-refractivity contribution in [1.82, 2.24) is 9.80 Å². The quantitative estimate of drug-likeness (QED) is 0.779. The van der Waals surface area contributed by atoms with Crippen molar-refractivity contribution in [3.63, 3.8) is 0 Å². The number of hydrogen-bond acceptors (Lipinski definition) is 5. The van der Waals surface area contributed by atoms with Gasteiger partial charge in [0.25, 0.3) is 5.91 Å². The molecule has 1 atom stereocenters. The lowest BCUT2D eigenvalue weighted by atomic mass is 10.2. The molecule has 2 aromatic carbocycles. The molecule has 2 aliphatic heterocycles. The van der Waals surface area contributed by atoms with Crippen LogP contribution in [0.1, 0.15) is 6.92 Å². The predicted octanol–water partition coefficient (Wildman–Crippen LogP) is 2.98. The number of imide groups is 1. The lowest BCUT2D eigenvalue weighted by Gasteiger charge is -2.37. The van der Waals surface area contributed by atoms with E-state index in [-0.39, 0.29) is 24.4 Å². The summed E-state index contributed by atoms with van der Waals surface area (Å²) in [4.78, 5) is 32.9. The average Bonchev–Trinajstić information content (AvgIpc) is 2.93. The third kappa shape index (κ3) is 3.88. The lowest BCUT2D eigenvalue weighted by Crippen LogP contribution is -2.51. The van der Waals surface area contributed by atoms with E-state index in [0.29, 0.717) is 10.7 Å². The molecule has 0 spiro atoms. The fourth-order valence-electron chi connectivity index (χ4n) is 3.80. The number of aromatic hydroxyl groups is 1. The van der Waals surface area contributed by atoms with Crippen LogP contribution in [0.5, 0.6) is 5.75 Å². The fraction of sp³-hybridized carbons (Fsp3) is 0.333. The summed E-state index contributed by atoms with van der Waals surface area (Å²) in [6.45, 7) is 5.10. The predicted molar refractivity (Wildman–Crippen MR) is 112 cm³/mol. The first kappa shape index (κ1) is 19.5. The normalized spacial score (nSPS) is 20.6. The van der Waals surface area contributed by atoms with Crippen LogP contribution >= 0.6 is 11.6 Å². The van der Waals surface area contributed by atoms with Crippen LogP contribution in [-0.2, 0) is 4.79 Å². The number of phenolic OH excluding ortho intramolecular Hbond substituents is 1. The van der Waals surface area contributed by atoms with E-state index in [9.17, 15) is 14.7 Å². The number of hydrogen-bond donors (Lipinski definition) is 1. The maximum Gasteiger partial charge on any atom is 0.333 e. The molecule has 1 unspecified atom stereocenters. The molecule has 2 aliphatic rings. The summed E-state index contributed by atoms with van der Waals surface area (Å²) >= 11 is 5.94. The number of piperazine rings is 1. The van der Waals surface area contributed by atoms with E-state index in [0.717, 1.165) is 31.9 Å². The summed E-state index contributed by atoms with van der Waals surface area (Å²) < 4.78 is 0. The van der Waals surface area contributed by atoms with Gasteiger partial charge in [0.15, 0.2) is 0 Å². The monoisotopic (exact) mass is 414 g/mol. The molecule has 1 N–H and O–H groups in total. The topological polar surface area (TPSA) is 67.3 Å². The van der Waals surface area contributed by atoms with Gasteiger partial charge in [-0.3, -0.25) is 14.6 Å². The van der Waals surface area contributed by atoms with Crippen LogP contribution in [-0.4, -0.2) is 65.7 Å². The number of nitrogens with zero attached hydrogens (tertiary/aromatic N) is 4. The van der Waals surface area contributed by atoms with Gasteiger partial charge in [0.1, 0.15) is 11.8 Å². The van der Waals surface area contributed by atoms with E-state index in [4.69, 9.17) is 11.6 Å². The first-order valence-corrected chi connectivity index (χ1v) is 9.98. The highest BCUT2D eigenvalue weighted by Crippen LogP contribution is 2.27. The molecule has 0 radical (unpaired) electrons. The van der Waals surface area contributed by atoms with Gasteiger partial charge in [-0.1, -0.05) is 11.6 Å². The molecule has 8 heteroatoms. The zero-order chi connectivity index (χ0) is 20.5. The Kier molecular flexibility index (Phi) is 5.34. The molecule has 2 heterocycles. The van der Waals surface area contributed by atoms with Crippen LogP contribution in [0.4, 0.5) is 16.2 Å². The molecule has 0 aliphatic carbocycles. The number of rotatable bonds is 4. The molecule has 0 saturated carbocycles. The van der Waals surface area contributed by atoms with Crippen molar-refractivity contribution in [2.75, 3.05) is 42.6 Å². The van der Waals surface area contributed by atoms with Gasteiger partial charge >= 0.3 is 6.03 Å². The highest BCUT2D eigenvalue weighted by Gasteiger charge is 2.44. The van der Waals surface area contributed by atoms with Crippen molar-refractivity contribution in [2.24, 2.45) is 0 Å². The van der Waals surface area contributed by atoms with Gasteiger partial charge in [-0.15, -0.1) is 0 Å². The van der Waals surface area contributed by atoms with Crippen LogP contribution in [0.15, 0.2) is 48.5 Å². The number of benzene rings is 2. The number of carbonyl (C=O) groups excluding carboxylic acids is 2. The van der Waals surface area contributed by atoms with Gasteiger partial charge in [0, 0.05) is 42.6 Å². The maximum atomic E-state index is 12.9. The third-order valence-electron chi connectivity index (χ3n) is 5.48. The van der Waals surface area contributed by atoms with Crippen molar-refractivity contribution < 1.29 is 14.7 Å². The summed E-state index contributed by atoms with van der Waals surface area (Å²) in [6, 6.07) is 13.2. The van der Waals surface area contributed by atoms with Crippen LogP contribution in [0, 0.1) is 0 Å². The summed E-state index contributed by atoms with van der Waals surface area (Å²) in [7, 11) is 0. The first-order chi connectivity index (χ1) is 13.9. The first-order valence-electron chi connectivity index (χ1n) is 9.60. The Morgan fingerprint density at radius 1 is 0.931 bits per heavy atom. The van der Waals surface area contributed by atoms with Crippen molar-refractivity contribution in [3.8, 4) is 5.75 Å². The number of phenols is 1. The molecule has 0 aromatic heterocycles. The summed E-state index contributed by atoms with van der Waals surface area (Å²) in [5, 5.41) is 10.0. The van der Waals surface area contributed by atoms with E-state index in [1.807, 2.05) is 12.1 Å². The van der Waals surface area contributed by atoms with Crippen molar-refractivity contribution in [1.29, 1.82) is 0 Å². The zero-order valence-electron chi connectivity index (χ0n) is 16.2. The Morgan fingerprint density at radius 2 is 1.52 bits per heavy atom. The number of anilines is 2. The minimum absolute atomic E-state index is 0.189. The second-order valence-corrected chi connectivity index (χ2v) is 7.77. The van der Waals surface area contributed by atoms with E-state index in [2.05, 4.69) is 9.80 Å². The Labute approximate surface area is 174 Å². The van der Waals surface area contributed by atoms with Gasteiger partial charge in [0.2, 0.25) is 0 Å². The second kappa shape index (κ2) is 7.93. The number of urea groups is 1. The highest BCUT2D eigenvalue weighted by atomic mass is 35.5.